The zero-order chi connectivity index (χ0) is 13.3. The number of halogens is 2. The summed E-state index contributed by atoms with van der Waals surface area (Å²) in [6.07, 6.45) is 20.3. The lowest BCUT2D eigenvalue weighted by atomic mass is 10.1. The Balaban J connectivity index is 3.00. The second-order valence-corrected chi connectivity index (χ2v) is 5.72. The Labute approximate surface area is 124 Å². The maximum atomic E-state index is 5.63. The maximum absolute atomic E-state index is 5.63. The molecule has 0 N–H and O–H groups in total. The highest BCUT2D eigenvalue weighted by Gasteiger charge is 1.90. The van der Waals surface area contributed by atoms with Gasteiger partial charge in [-0.05, 0) is 38.5 Å². The zero-order valence-corrected chi connectivity index (χ0v) is 13.3. The van der Waals surface area contributed by atoms with Gasteiger partial charge in [0.2, 0.25) is 0 Å². The highest BCUT2D eigenvalue weighted by Crippen LogP contribution is 2.09. The van der Waals surface area contributed by atoms with Gasteiger partial charge in [-0.2, -0.15) is 0 Å². The number of allylic oxidation sites excluding steroid dienone is 2. The van der Waals surface area contributed by atoms with Gasteiger partial charge in [-0.25, -0.2) is 0 Å². The van der Waals surface area contributed by atoms with Crippen LogP contribution in [0.15, 0.2) is 12.2 Å². The van der Waals surface area contributed by atoms with Crippen LogP contribution in [0.4, 0.5) is 0 Å². The van der Waals surface area contributed by atoms with E-state index in [1.807, 2.05) is 0 Å². The van der Waals surface area contributed by atoms with E-state index < -0.39 is 0 Å². The van der Waals surface area contributed by atoms with Gasteiger partial charge < -0.3 is 0 Å². The van der Waals surface area contributed by atoms with Crippen LogP contribution in [-0.4, -0.2) is 11.8 Å². The summed E-state index contributed by atoms with van der Waals surface area (Å²) in [7, 11) is 0. The molecule has 0 atom stereocenters. The number of hydrogen-bond donors (Lipinski definition) is 0. The molecule has 0 bridgehead atoms. The molecule has 0 radical (unpaired) electrons. The Hall–Kier alpha value is 0.320. The van der Waals surface area contributed by atoms with Gasteiger partial charge in [0.15, 0.2) is 0 Å². The van der Waals surface area contributed by atoms with Crippen molar-refractivity contribution in [3.8, 4) is 0 Å². The van der Waals surface area contributed by atoms with Gasteiger partial charge >= 0.3 is 0 Å². The highest BCUT2D eigenvalue weighted by atomic mass is 35.5. The fourth-order valence-electron chi connectivity index (χ4n) is 2.01. The first-order valence-electron chi connectivity index (χ1n) is 7.68. The van der Waals surface area contributed by atoms with Crippen molar-refractivity contribution >= 4 is 23.2 Å². The highest BCUT2D eigenvalue weighted by molar-refractivity contribution is 6.18. The van der Waals surface area contributed by atoms with Crippen molar-refractivity contribution in [3.05, 3.63) is 12.2 Å². The van der Waals surface area contributed by atoms with Gasteiger partial charge in [0.1, 0.15) is 0 Å². The van der Waals surface area contributed by atoms with E-state index in [-0.39, 0.29) is 0 Å². The molecule has 0 aliphatic rings. The number of unbranched alkanes of at least 4 members (excludes halogenated alkanes) is 10. The minimum absolute atomic E-state index is 0.824. The summed E-state index contributed by atoms with van der Waals surface area (Å²) < 4.78 is 0. The van der Waals surface area contributed by atoms with Crippen molar-refractivity contribution in [2.24, 2.45) is 0 Å². The Bertz CT molecular complexity index is 148. The van der Waals surface area contributed by atoms with Crippen LogP contribution >= 0.6 is 23.2 Å². The van der Waals surface area contributed by atoms with Crippen molar-refractivity contribution in [2.45, 2.75) is 77.0 Å². The van der Waals surface area contributed by atoms with Crippen LogP contribution in [0.3, 0.4) is 0 Å². The van der Waals surface area contributed by atoms with Crippen LogP contribution in [-0.2, 0) is 0 Å². The average Bonchev–Trinajstić information content (AvgIpc) is 2.39. The second kappa shape index (κ2) is 17.3. The third-order valence-corrected chi connectivity index (χ3v) is 3.71. The molecule has 0 saturated heterocycles. The van der Waals surface area contributed by atoms with E-state index in [0.717, 1.165) is 11.8 Å². The van der Waals surface area contributed by atoms with Crippen LogP contribution in [0.2, 0.25) is 0 Å². The van der Waals surface area contributed by atoms with Crippen LogP contribution < -0.4 is 0 Å². The molecule has 2 heteroatoms. The summed E-state index contributed by atoms with van der Waals surface area (Å²) in [6, 6.07) is 0. The predicted molar refractivity (Wildman–Crippen MR) is 86.0 cm³/mol. The monoisotopic (exact) mass is 292 g/mol. The van der Waals surface area contributed by atoms with Crippen molar-refractivity contribution in [2.75, 3.05) is 11.8 Å². The first-order chi connectivity index (χ1) is 8.91. The molecule has 0 aliphatic heterocycles. The first-order valence-corrected chi connectivity index (χ1v) is 8.75. The lowest BCUT2D eigenvalue weighted by Gasteiger charge is -1.98. The Morgan fingerprint density at radius 1 is 0.444 bits per heavy atom. The first kappa shape index (κ1) is 18.3. The fraction of sp³-hybridized carbons (Fsp3) is 0.875. The normalized spacial score (nSPS) is 11.4. The molecular formula is C16H30Cl2. The molecule has 0 unspecified atom stereocenters. The summed E-state index contributed by atoms with van der Waals surface area (Å²) in [5.74, 6) is 1.65. The second-order valence-electron chi connectivity index (χ2n) is 4.96. The van der Waals surface area contributed by atoms with Gasteiger partial charge in [0.25, 0.3) is 0 Å². The third-order valence-electron chi connectivity index (χ3n) is 3.18. The topological polar surface area (TPSA) is 0 Å². The van der Waals surface area contributed by atoms with Crippen molar-refractivity contribution < 1.29 is 0 Å². The average molecular weight is 293 g/mol. The van der Waals surface area contributed by atoms with E-state index in [1.165, 1.54) is 77.0 Å². The summed E-state index contributed by atoms with van der Waals surface area (Å²) >= 11 is 11.3. The Kier molecular flexibility index (Phi) is 17.6. The number of rotatable bonds is 14. The van der Waals surface area contributed by atoms with Gasteiger partial charge in [0.05, 0.1) is 0 Å². The van der Waals surface area contributed by atoms with Crippen molar-refractivity contribution in [3.63, 3.8) is 0 Å². The standard InChI is InChI=1S/C16H30Cl2/c17-15-13-11-9-7-5-3-1-2-4-6-8-10-12-14-16-18/h1-2H,3-16H2/b2-1+. The molecule has 0 aliphatic carbocycles. The molecule has 0 aromatic rings. The maximum Gasteiger partial charge on any atom is 0.0223 e. The molecule has 18 heavy (non-hydrogen) atoms. The molecule has 0 amide bonds. The predicted octanol–water partition coefficient (Wildman–Crippen LogP) is 6.70. The third kappa shape index (κ3) is 16.3. The molecule has 0 saturated carbocycles. The van der Waals surface area contributed by atoms with Gasteiger partial charge in [0, 0.05) is 11.8 Å². The molecule has 0 aromatic heterocycles. The van der Waals surface area contributed by atoms with Gasteiger partial charge in [-0.3, -0.25) is 0 Å². The van der Waals surface area contributed by atoms with Crippen LogP contribution in [0.1, 0.15) is 77.0 Å². The van der Waals surface area contributed by atoms with Crippen LogP contribution in [0.5, 0.6) is 0 Å². The molecular weight excluding hydrogens is 263 g/mol. The van der Waals surface area contributed by atoms with E-state index in [2.05, 4.69) is 12.2 Å². The summed E-state index contributed by atoms with van der Waals surface area (Å²) in [5.41, 5.74) is 0. The van der Waals surface area contributed by atoms with Crippen molar-refractivity contribution in [1.82, 2.24) is 0 Å². The number of hydrogen-bond acceptors (Lipinski definition) is 0. The van der Waals surface area contributed by atoms with Gasteiger partial charge in [-0.15, -0.1) is 23.2 Å². The minimum Gasteiger partial charge on any atom is -0.127 e. The quantitative estimate of drug-likeness (QED) is 0.190. The minimum atomic E-state index is 0.824. The smallest absolute Gasteiger partial charge is 0.0223 e. The summed E-state index contributed by atoms with van der Waals surface area (Å²) in [4.78, 5) is 0. The van der Waals surface area contributed by atoms with E-state index in [4.69, 9.17) is 23.2 Å². The molecule has 0 nitrogen and oxygen atoms in total. The van der Waals surface area contributed by atoms with E-state index in [1.54, 1.807) is 0 Å². The fourth-order valence-corrected chi connectivity index (χ4v) is 2.39. The van der Waals surface area contributed by atoms with E-state index >= 15 is 0 Å². The summed E-state index contributed by atoms with van der Waals surface area (Å²) in [6.45, 7) is 0. The Morgan fingerprint density at radius 2 is 0.778 bits per heavy atom. The zero-order valence-electron chi connectivity index (χ0n) is 11.8. The van der Waals surface area contributed by atoms with Gasteiger partial charge in [-0.1, -0.05) is 50.7 Å². The van der Waals surface area contributed by atoms with Crippen LogP contribution in [0.25, 0.3) is 0 Å². The number of alkyl halides is 2. The van der Waals surface area contributed by atoms with E-state index in [0.29, 0.717) is 0 Å². The molecule has 0 heterocycles. The SMILES string of the molecule is ClCCCCCCC/C=C/CCCCCCCCl. The molecule has 0 spiro atoms. The largest absolute Gasteiger partial charge is 0.127 e. The van der Waals surface area contributed by atoms with Crippen LogP contribution in [0, 0.1) is 0 Å². The lowest BCUT2D eigenvalue weighted by Crippen LogP contribution is -1.80. The molecule has 0 fully saturated rings. The van der Waals surface area contributed by atoms with Crippen molar-refractivity contribution in [1.29, 1.82) is 0 Å². The molecule has 0 aromatic carbocycles. The van der Waals surface area contributed by atoms with E-state index in [9.17, 15) is 0 Å². The summed E-state index contributed by atoms with van der Waals surface area (Å²) in [5, 5.41) is 0. The molecule has 0 rings (SSSR count). The Morgan fingerprint density at radius 3 is 1.17 bits per heavy atom. The molecule has 108 valence electrons. The lowest BCUT2D eigenvalue weighted by molar-refractivity contribution is 0.632.